The van der Waals surface area contributed by atoms with Gasteiger partial charge in [-0.3, -0.25) is 4.99 Å². The van der Waals surface area contributed by atoms with Crippen LogP contribution in [0.5, 0.6) is 0 Å². The molecule has 9 rings (SSSR count). The first-order valence-electron chi connectivity index (χ1n) is 18.3. The van der Waals surface area contributed by atoms with Crippen molar-refractivity contribution in [1.29, 1.82) is 5.26 Å². The summed E-state index contributed by atoms with van der Waals surface area (Å²) in [6, 6.07) is 53.3. The van der Waals surface area contributed by atoms with Crippen LogP contribution in [0.4, 0.5) is 0 Å². The first kappa shape index (κ1) is 32.9. The number of nitrogens with zero attached hydrogens (tertiary/aromatic N) is 3. The lowest BCUT2D eigenvalue weighted by molar-refractivity contribution is 0.630. The Balaban J connectivity index is 1.09. The van der Waals surface area contributed by atoms with E-state index in [1.165, 1.54) is 37.3 Å². The molecule has 3 atom stereocenters. The van der Waals surface area contributed by atoms with Gasteiger partial charge in [-0.25, -0.2) is 0 Å². The molecule has 0 bridgehead atoms. The Morgan fingerprint density at radius 1 is 0.811 bits per heavy atom. The molecule has 0 saturated heterocycles. The fraction of sp³-hybridized carbons (Fsp3) is 0.125. The number of aryl methyl sites for hydroxylation is 1. The highest BCUT2D eigenvalue weighted by atomic mass is 32.2. The van der Waals surface area contributed by atoms with E-state index in [2.05, 4.69) is 139 Å². The second-order valence-corrected chi connectivity index (χ2v) is 15.1. The summed E-state index contributed by atoms with van der Waals surface area (Å²) < 4.78 is 2.36. The van der Waals surface area contributed by atoms with Crippen molar-refractivity contribution >= 4 is 44.9 Å². The Morgan fingerprint density at radius 2 is 1.60 bits per heavy atom. The maximum Gasteiger partial charge on any atom is 0.123 e. The third kappa shape index (κ3) is 6.10. The molecule has 0 amide bonds. The van der Waals surface area contributed by atoms with Crippen molar-refractivity contribution in [3.63, 3.8) is 0 Å². The predicted molar refractivity (Wildman–Crippen MR) is 220 cm³/mol. The minimum atomic E-state index is -0.551. The monoisotopic (exact) mass is 702 g/mol. The van der Waals surface area contributed by atoms with E-state index >= 15 is 0 Å². The van der Waals surface area contributed by atoms with Crippen molar-refractivity contribution in [2.24, 2.45) is 16.6 Å². The van der Waals surface area contributed by atoms with Gasteiger partial charge < -0.3 is 10.3 Å². The van der Waals surface area contributed by atoms with Crippen LogP contribution in [0.3, 0.4) is 0 Å². The number of fused-ring (bicyclic) bond motifs is 6. The van der Waals surface area contributed by atoms with E-state index in [0.29, 0.717) is 23.8 Å². The smallest absolute Gasteiger partial charge is 0.123 e. The number of allylic oxidation sites excluding steroid dienone is 4. The lowest BCUT2D eigenvalue weighted by Crippen LogP contribution is -2.13. The molecule has 0 spiro atoms. The summed E-state index contributed by atoms with van der Waals surface area (Å²) >= 11 is 1.94. The van der Waals surface area contributed by atoms with E-state index in [4.69, 9.17) is 10.7 Å². The third-order valence-electron chi connectivity index (χ3n) is 10.7. The maximum atomic E-state index is 9.41. The summed E-state index contributed by atoms with van der Waals surface area (Å²) in [6.07, 6.45) is 5.64. The van der Waals surface area contributed by atoms with Crippen LogP contribution in [0.1, 0.15) is 58.8 Å². The Hall–Kier alpha value is -5.93. The van der Waals surface area contributed by atoms with Crippen molar-refractivity contribution in [1.82, 2.24) is 4.57 Å². The Labute approximate surface area is 314 Å². The molecule has 3 unspecified atom stereocenters. The molecule has 2 N–H and O–H groups in total. The molecule has 256 valence electrons. The second-order valence-electron chi connectivity index (χ2n) is 14.0. The average molecular weight is 703 g/mol. The number of nitrogens with two attached hydrogens (primary N) is 1. The Kier molecular flexibility index (Phi) is 8.64. The molecular weight excluding hydrogens is 665 g/mol. The number of aromatic nitrogens is 1. The molecule has 2 heterocycles. The average Bonchev–Trinajstić information content (AvgIpc) is 3.77. The first-order chi connectivity index (χ1) is 26.1. The van der Waals surface area contributed by atoms with Crippen molar-refractivity contribution in [2.45, 2.75) is 36.7 Å². The quantitative estimate of drug-likeness (QED) is 0.160. The standard InChI is InChI=1S/C48H38N4S/c1-31-21-24-38(47-46(31)40-18-6-8-20-45(40)53-47)35-23-26-44-41(29-35)39-17-5-7-19-43(39)52(44)37-16-10-15-36(28-37)48(50)51-42(34-13-3-2-4-14-34)25-22-32-11-9-12-33(27-32)30-49/h2-21,23-24,26-29,31,46,48H,22,25,50H2,1H3. The van der Waals surface area contributed by atoms with Crippen LogP contribution in [0.2, 0.25) is 0 Å². The van der Waals surface area contributed by atoms with Crippen LogP contribution < -0.4 is 5.73 Å². The number of hydrogen-bond donors (Lipinski definition) is 1. The van der Waals surface area contributed by atoms with Gasteiger partial charge in [-0.1, -0.05) is 128 Å². The molecular formula is C48H38N4S. The van der Waals surface area contributed by atoms with Gasteiger partial charge in [0.25, 0.3) is 0 Å². The normalized spacial score (nSPS) is 17.2. The molecule has 0 fully saturated rings. The summed E-state index contributed by atoms with van der Waals surface area (Å²) in [6.45, 7) is 2.34. The first-order valence-corrected chi connectivity index (χ1v) is 19.1. The van der Waals surface area contributed by atoms with E-state index in [1.807, 2.05) is 48.2 Å². The van der Waals surface area contributed by atoms with Gasteiger partial charge in [-0.05, 0) is 101 Å². The number of benzene rings is 6. The van der Waals surface area contributed by atoms with Crippen LogP contribution in [0, 0.1) is 17.2 Å². The highest BCUT2D eigenvalue weighted by molar-refractivity contribution is 8.03. The molecule has 2 aliphatic rings. The van der Waals surface area contributed by atoms with Crippen LogP contribution in [0.15, 0.2) is 173 Å². The lowest BCUT2D eigenvalue weighted by Gasteiger charge is -2.25. The largest absolute Gasteiger partial charge is 0.309 e. The van der Waals surface area contributed by atoms with Gasteiger partial charge in [0.2, 0.25) is 0 Å². The summed E-state index contributed by atoms with van der Waals surface area (Å²) in [5, 5.41) is 11.9. The van der Waals surface area contributed by atoms with Crippen LogP contribution in [0.25, 0.3) is 33.1 Å². The summed E-state index contributed by atoms with van der Waals surface area (Å²) in [7, 11) is 0. The highest BCUT2D eigenvalue weighted by Crippen LogP contribution is 2.56. The number of thioether (sulfide) groups is 1. The zero-order valence-corrected chi connectivity index (χ0v) is 30.3. The zero-order valence-electron chi connectivity index (χ0n) is 29.5. The number of aliphatic imine (C=N–C) groups is 1. The minimum Gasteiger partial charge on any atom is -0.309 e. The van der Waals surface area contributed by atoms with Gasteiger partial charge in [-0.15, -0.1) is 0 Å². The van der Waals surface area contributed by atoms with E-state index in [1.54, 1.807) is 0 Å². The van der Waals surface area contributed by atoms with E-state index in [9.17, 15) is 5.26 Å². The number of rotatable bonds is 8. The molecule has 1 aliphatic carbocycles. The van der Waals surface area contributed by atoms with Gasteiger partial charge in [-0.2, -0.15) is 5.26 Å². The Bertz CT molecular complexity index is 2660. The van der Waals surface area contributed by atoms with Gasteiger partial charge in [0.05, 0.1) is 22.7 Å². The van der Waals surface area contributed by atoms with Crippen LogP contribution in [-0.4, -0.2) is 10.3 Å². The Morgan fingerprint density at radius 3 is 2.49 bits per heavy atom. The molecule has 1 aliphatic heterocycles. The van der Waals surface area contributed by atoms with E-state index < -0.39 is 6.17 Å². The zero-order chi connectivity index (χ0) is 35.9. The SMILES string of the molecule is CC1C=CC(c2ccc3c(c2)c2ccccc2n3-c2cccc(C(N)N=C(CCc3cccc(C#N)c3)c3ccccc3)c2)=C2Sc3ccccc3C21. The van der Waals surface area contributed by atoms with E-state index in [0.717, 1.165) is 45.5 Å². The third-order valence-corrected chi connectivity index (χ3v) is 12.0. The number of nitriles is 1. The van der Waals surface area contributed by atoms with Crippen LogP contribution >= 0.6 is 11.8 Å². The topological polar surface area (TPSA) is 67.1 Å². The highest BCUT2D eigenvalue weighted by Gasteiger charge is 2.35. The van der Waals surface area contributed by atoms with Gasteiger partial charge in [0.1, 0.15) is 6.17 Å². The fourth-order valence-electron chi connectivity index (χ4n) is 8.06. The molecule has 7 aromatic rings. The number of para-hydroxylation sites is 1. The minimum absolute atomic E-state index is 0.403. The molecule has 6 aromatic carbocycles. The van der Waals surface area contributed by atoms with Crippen LogP contribution in [-0.2, 0) is 6.42 Å². The molecule has 0 radical (unpaired) electrons. The van der Waals surface area contributed by atoms with Gasteiger partial charge >= 0.3 is 0 Å². The molecule has 5 heteroatoms. The molecule has 1 aromatic heterocycles. The predicted octanol–water partition coefficient (Wildman–Crippen LogP) is 11.5. The second kappa shape index (κ2) is 13.9. The lowest BCUT2D eigenvalue weighted by atomic mass is 9.80. The maximum absolute atomic E-state index is 9.41. The van der Waals surface area contributed by atoms with Gasteiger partial charge in [0, 0.05) is 37.9 Å². The van der Waals surface area contributed by atoms with Gasteiger partial charge in [0.15, 0.2) is 0 Å². The van der Waals surface area contributed by atoms with Crippen molar-refractivity contribution < 1.29 is 0 Å². The summed E-state index contributed by atoms with van der Waals surface area (Å²) in [5.74, 6) is 0.865. The van der Waals surface area contributed by atoms with Crippen molar-refractivity contribution in [3.05, 3.63) is 196 Å². The molecule has 4 nitrogen and oxygen atoms in total. The summed E-state index contributed by atoms with van der Waals surface area (Å²) in [5.41, 5.74) is 19.0. The molecule has 53 heavy (non-hydrogen) atoms. The molecule has 0 saturated carbocycles. The number of hydrogen-bond acceptors (Lipinski definition) is 4. The van der Waals surface area contributed by atoms with Crippen molar-refractivity contribution in [2.75, 3.05) is 0 Å². The van der Waals surface area contributed by atoms with E-state index in [-0.39, 0.29) is 0 Å². The van der Waals surface area contributed by atoms with Crippen molar-refractivity contribution in [3.8, 4) is 11.8 Å². The summed E-state index contributed by atoms with van der Waals surface area (Å²) in [4.78, 5) is 7.97. The fourth-order valence-corrected chi connectivity index (χ4v) is 9.52.